The number of thioether (sulfide) groups is 1. The van der Waals surface area contributed by atoms with E-state index < -0.39 is 16.6 Å². The molecule has 3 aromatic rings. The first-order valence-electron chi connectivity index (χ1n) is 9.78. The average molecular weight is 445 g/mol. The van der Waals surface area contributed by atoms with Crippen molar-refractivity contribution in [1.29, 1.82) is 0 Å². The van der Waals surface area contributed by atoms with Crippen LogP contribution in [0.4, 0.5) is 0 Å². The SMILES string of the molecule is CC(C)C(CC(=O)C(C)(C)Sc1ncc(Cl)n1-c1cccc2ccccc12)C(=O)O. The van der Waals surface area contributed by atoms with E-state index in [2.05, 4.69) is 4.98 Å². The van der Waals surface area contributed by atoms with Gasteiger partial charge in [0.25, 0.3) is 0 Å². The smallest absolute Gasteiger partial charge is 0.307 e. The summed E-state index contributed by atoms with van der Waals surface area (Å²) in [6.07, 6.45) is 1.55. The van der Waals surface area contributed by atoms with Crippen LogP contribution in [0.3, 0.4) is 0 Å². The van der Waals surface area contributed by atoms with E-state index in [0.29, 0.717) is 10.3 Å². The van der Waals surface area contributed by atoms with E-state index in [1.807, 2.05) is 60.9 Å². The zero-order valence-corrected chi connectivity index (χ0v) is 19.0. The van der Waals surface area contributed by atoms with Crippen LogP contribution >= 0.6 is 23.4 Å². The Balaban J connectivity index is 1.95. The molecule has 0 bridgehead atoms. The maximum absolute atomic E-state index is 13.0. The summed E-state index contributed by atoms with van der Waals surface area (Å²) in [4.78, 5) is 29.0. The second-order valence-electron chi connectivity index (χ2n) is 8.13. The number of ketones is 1. The van der Waals surface area contributed by atoms with Crippen LogP contribution in [0.5, 0.6) is 0 Å². The minimum Gasteiger partial charge on any atom is -0.481 e. The highest BCUT2D eigenvalue weighted by molar-refractivity contribution is 8.01. The van der Waals surface area contributed by atoms with Gasteiger partial charge in [0.15, 0.2) is 5.16 Å². The Bertz CT molecular complexity index is 1090. The number of hydrogen-bond acceptors (Lipinski definition) is 4. The van der Waals surface area contributed by atoms with Crippen molar-refractivity contribution in [1.82, 2.24) is 9.55 Å². The van der Waals surface area contributed by atoms with E-state index in [0.717, 1.165) is 16.5 Å². The van der Waals surface area contributed by atoms with Crippen molar-refractivity contribution in [3.8, 4) is 5.69 Å². The van der Waals surface area contributed by atoms with Gasteiger partial charge >= 0.3 is 5.97 Å². The summed E-state index contributed by atoms with van der Waals surface area (Å²) < 4.78 is 0.973. The molecule has 30 heavy (non-hydrogen) atoms. The highest BCUT2D eigenvalue weighted by Crippen LogP contribution is 2.38. The molecule has 0 aliphatic heterocycles. The van der Waals surface area contributed by atoms with Crippen molar-refractivity contribution in [2.75, 3.05) is 0 Å². The second-order valence-corrected chi connectivity index (χ2v) is 10.1. The predicted molar refractivity (Wildman–Crippen MR) is 122 cm³/mol. The van der Waals surface area contributed by atoms with Gasteiger partial charge in [0.1, 0.15) is 10.9 Å². The topological polar surface area (TPSA) is 72.2 Å². The number of carbonyl (C=O) groups excluding carboxylic acids is 1. The molecule has 1 N–H and O–H groups in total. The summed E-state index contributed by atoms with van der Waals surface area (Å²) in [5.74, 6) is -1.91. The van der Waals surface area contributed by atoms with Gasteiger partial charge in [-0.15, -0.1) is 0 Å². The van der Waals surface area contributed by atoms with Crippen LogP contribution in [-0.4, -0.2) is 31.2 Å². The summed E-state index contributed by atoms with van der Waals surface area (Å²) in [7, 11) is 0. The molecule has 5 nitrogen and oxygen atoms in total. The Hall–Kier alpha value is -2.31. The lowest BCUT2D eigenvalue weighted by molar-refractivity contribution is -0.145. The summed E-state index contributed by atoms with van der Waals surface area (Å²) in [5.41, 5.74) is 0.881. The van der Waals surface area contributed by atoms with Gasteiger partial charge in [0.05, 0.1) is 22.5 Å². The van der Waals surface area contributed by atoms with Gasteiger partial charge in [-0.1, -0.05) is 73.6 Å². The molecule has 0 radical (unpaired) electrons. The molecule has 7 heteroatoms. The van der Waals surface area contributed by atoms with E-state index in [9.17, 15) is 14.7 Å². The van der Waals surface area contributed by atoms with Crippen LogP contribution in [0.1, 0.15) is 34.1 Å². The number of nitrogens with zero attached hydrogens (tertiary/aromatic N) is 2. The molecule has 0 aliphatic rings. The van der Waals surface area contributed by atoms with Crippen LogP contribution in [0.2, 0.25) is 5.15 Å². The normalized spacial score (nSPS) is 13.0. The van der Waals surface area contributed by atoms with Gasteiger partial charge in [-0.25, -0.2) is 4.98 Å². The lowest BCUT2D eigenvalue weighted by atomic mass is 9.88. The Morgan fingerprint density at radius 2 is 1.83 bits per heavy atom. The fourth-order valence-corrected chi connectivity index (χ4v) is 4.66. The second kappa shape index (κ2) is 8.82. The third-order valence-corrected chi connectivity index (χ3v) is 6.71. The third-order valence-electron chi connectivity index (χ3n) is 5.24. The minimum absolute atomic E-state index is 0.0181. The first-order valence-corrected chi connectivity index (χ1v) is 11.0. The molecule has 3 rings (SSSR count). The fraction of sp³-hybridized carbons (Fsp3) is 0.348. The number of carboxylic acid groups (broad SMARTS) is 1. The number of hydrogen-bond donors (Lipinski definition) is 1. The molecule has 0 saturated carbocycles. The number of fused-ring (bicyclic) bond motifs is 1. The molecule has 2 aromatic carbocycles. The van der Waals surface area contributed by atoms with Crippen LogP contribution in [0, 0.1) is 11.8 Å². The van der Waals surface area contributed by atoms with Crippen LogP contribution in [0.25, 0.3) is 16.5 Å². The van der Waals surface area contributed by atoms with Crippen molar-refractivity contribution in [2.45, 2.75) is 44.0 Å². The largest absolute Gasteiger partial charge is 0.481 e. The standard InChI is InChI=1S/C23H25ClN2O3S/c1-14(2)17(21(28)29)12-19(27)23(3,4)30-22-25-13-20(24)26(22)18-11-7-9-15-8-5-6-10-16(15)18/h5-11,13-14,17H,12H2,1-4H3,(H,28,29). The fourth-order valence-electron chi connectivity index (χ4n) is 3.35. The summed E-state index contributed by atoms with van der Waals surface area (Å²) in [5, 5.41) is 12.6. The van der Waals surface area contributed by atoms with Gasteiger partial charge in [-0.3, -0.25) is 14.2 Å². The Labute approximate surface area is 185 Å². The predicted octanol–water partition coefficient (Wildman–Crippen LogP) is 5.87. The lowest BCUT2D eigenvalue weighted by Gasteiger charge is -2.25. The highest BCUT2D eigenvalue weighted by atomic mass is 35.5. The number of aliphatic carboxylic acids is 1. The summed E-state index contributed by atoms with van der Waals surface area (Å²) >= 11 is 7.78. The van der Waals surface area contributed by atoms with E-state index >= 15 is 0 Å². The molecular weight excluding hydrogens is 420 g/mol. The van der Waals surface area contributed by atoms with Gasteiger partial charge in [-0.2, -0.15) is 0 Å². The van der Waals surface area contributed by atoms with Crippen molar-refractivity contribution in [3.05, 3.63) is 53.8 Å². The number of carboxylic acids is 1. The van der Waals surface area contributed by atoms with E-state index in [-0.39, 0.29) is 18.1 Å². The molecule has 1 unspecified atom stereocenters. The molecule has 0 amide bonds. The monoisotopic (exact) mass is 444 g/mol. The molecule has 0 aliphatic carbocycles. The molecule has 1 heterocycles. The number of imidazole rings is 1. The number of halogens is 1. The maximum Gasteiger partial charge on any atom is 0.307 e. The highest BCUT2D eigenvalue weighted by Gasteiger charge is 2.35. The zero-order chi connectivity index (χ0) is 22.1. The molecule has 0 fully saturated rings. The Morgan fingerprint density at radius 3 is 2.50 bits per heavy atom. The minimum atomic E-state index is -0.945. The van der Waals surface area contributed by atoms with Crippen molar-refractivity contribution in [2.24, 2.45) is 11.8 Å². The van der Waals surface area contributed by atoms with Gasteiger partial charge in [0, 0.05) is 11.8 Å². The number of benzene rings is 2. The van der Waals surface area contributed by atoms with E-state index in [1.54, 1.807) is 20.0 Å². The van der Waals surface area contributed by atoms with Crippen molar-refractivity contribution >= 4 is 45.9 Å². The molecule has 0 saturated heterocycles. The third kappa shape index (κ3) is 4.55. The van der Waals surface area contributed by atoms with Crippen molar-refractivity contribution < 1.29 is 14.7 Å². The lowest BCUT2D eigenvalue weighted by Crippen LogP contribution is -2.33. The Kier molecular flexibility index (Phi) is 6.58. The number of carbonyl (C=O) groups is 2. The van der Waals surface area contributed by atoms with Gasteiger partial charge < -0.3 is 5.11 Å². The summed E-state index contributed by atoms with van der Waals surface area (Å²) in [6.45, 7) is 7.24. The maximum atomic E-state index is 13.0. The van der Waals surface area contributed by atoms with Crippen LogP contribution in [0.15, 0.2) is 53.8 Å². The molecule has 0 spiro atoms. The molecule has 1 atom stereocenters. The van der Waals surface area contributed by atoms with Gasteiger partial charge in [-0.05, 0) is 31.2 Å². The Morgan fingerprint density at radius 1 is 1.17 bits per heavy atom. The molecule has 1 aromatic heterocycles. The summed E-state index contributed by atoms with van der Waals surface area (Å²) in [6, 6.07) is 13.9. The zero-order valence-electron chi connectivity index (χ0n) is 17.4. The first kappa shape index (κ1) is 22.4. The van der Waals surface area contributed by atoms with Gasteiger partial charge in [0.2, 0.25) is 0 Å². The van der Waals surface area contributed by atoms with Crippen LogP contribution in [-0.2, 0) is 9.59 Å². The average Bonchev–Trinajstić information content (AvgIpc) is 3.04. The van der Waals surface area contributed by atoms with Crippen molar-refractivity contribution in [3.63, 3.8) is 0 Å². The molecule has 158 valence electrons. The number of aromatic nitrogens is 2. The molecular formula is C23H25ClN2O3S. The number of Topliss-reactive ketones (excluding diaryl/α,β-unsaturated/α-hetero) is 1. The number of rotatable bonds is 8. The van der Waals surface area contributed by atoms with E-state index in [4.69, 9.17) is 11.6 Å². The quantitative estimate of drug-likeness (QED) is 0.440. The first-order chi connectivity index (χ1) is 14.1. The van der Waals surface area contributed by atoms with Crippen LogP contribution < -0.4 is 0 Å². The van der Waals surface area contributed by atoms with E-state index in [1.165, 1.54) is 11.8 Å².